The number of hydrogen-bond donors (Lipinski definition) is 1. The number of benzene rings is 2. The van der Waals surface area contributed by atoms with E-state index in [1.165, 1.54) is 7.11 Å². The van der Waals surface area contributed by atoms with E-state index in [1.807, 2.05) is 6.07 Å². The number of ether oxygens (including phenoxy) is 2. The summed E-state index contributed by atoms with van der Waals surface area (Å²) < 4.78 is 10.6. The van der Waals surface area contributed by atoms with Crippen molar-refractivity contribution in [2.24, 2.45) is 0 Å². The van der Waals surface area contributed by atoms with E-state index in [0.29, 0.717) is 33.3 Å². The van der Waals surface area contributed by atoms with Gasteiger partial charge in [0.15, 0.2) is 11.5 Å². The van der Waals surface area contributed by atoms with Gasteiger partial charge in [0.05, 0.1) is 14.2 Å². The number of nitrogens with zero attached hydrogens (tertiary/aromatic N) is 1. The summed E-state index contributed by atoms with van der Waals surface area (Å²) in [6.45, 7) is 0. The van der Waals surface area contributed by atoms with Crippen LogP contribution >= 0.6 is 11.6 Å². The van der Waals surface area contributed by atoms with Gasteiger partial charge in [-0.05, 0) is 41.5 Å². The van der Waals surface area contributed by atoms with Crippen molar-refractivity contribution in [2.45, 2.75) is 0 Å². The molecule has 1 aromatic heterocycles. The maximum atomic E-state index is 12.4. The molecular weight excluding hydrogens is 352 g/mol. The van der Waals surface area contributed by atoms with Gasteiger partial charge < -0.3 is 14.5 Å². The van der Waals surface area contributed by atoms with Gasteiger partial charge in [0, 0.05) is 16.3 Å². The first kappa shape index (κ1) is 17.6. The third-order valence-electron chi connectivity index (χ3n) is 3.99. The Hall–Kier alpha value is -3.23. The minimum atomic E-state index is -0.454. The van der Waals surface area contributed by atoms with Gasteiger partial charge in [-0.2, -0.15) is 5.26 Å². The van der Waals surface area contributed by atoms with E-state index >= 15 is 0 Å². The van der Waals surface area contributed by atoms with Crippen LogP contribution in [0, 0.1) is 11.3 Å². The molecule has 0 saturated carbocycles. The second-order valence-corrected chi connectivity index (χ2v) is 5.93. The number of aromatic amines is 1. The molecule has 0 spiro atoms. The Kier molecular flexibility index (Phi) is 4.97. The van der Waals surface area contributed by atoms with Gasteiger partial charge in [-0.3, -0.25) is 4.79 Å². The average Bonchev–Trinajstić information content (AvgIpc) is 2.67. The normalized spacial score (nSPS) is 10.2. The molecular formula is C20H15ClN2O3. The quantitative estimate of drug-likeness (QED) is 0.748. The van der Waals surface area contributed by atoms with Crippen LogP contribution in [0.4, 0.5) is 0 Å². The number of methoxy groups -OCH3 is 2. The Morgan fingerprint density at radius 3 is 2.23 bits per heavy atom. The number of hydrogen-bond acceptors (Lipinski definition) is 4. The first-order valence-corrected chi connectivity index (χ1v) is 8.11. The molecule has 0 unspecified atom stereocenters. The van der Waals surface area contributed by atoms with Crippen molar-refractivity contribution in [3.63, 3.8) is 0 Å². The fraction of sp³-hybridized carbons (Fsp3) is 0.100. The minimum Gasteiger partial charge on any atom is -0.493 e. The fourth-order valence-electron chi connectivity index (χ4n) is 2.69. The fourth-order valence-corrected chi connectivity index (χ4v) is 2.81. The van der Waals surface area contributed by atoms with Gasteiger partial charge in [-0.1, -0.05) is 29.8 Å². The second-order valence-electron chi connectivity index (χ2n) is 5.49. The van der Waals surface area contributed by atoms with Crippen molar-refractivity contribution in [1.82, 2.24) is 4.98 Å². The number of nitrogens with one attached hydrogen (secondary N) is 1. The zero-order chi connectivity index (χ0) is 18.7. The predicted molar refractivity (Wildman–Crippen MR) is 101 cm³/mol. The molecule has 3 rings (SSSR count). The molecule has 0 aliphatic heterocycles. The lowest BCUT2D eigenvalue weighted by atomic mass is 9.98. The van der Waals surface area contributed by atoms with Crippen molar-refractivity contribution in [2.75, 3.05) is 14.2 Å². The van der Waals surface area contributed by atoms with Gasteiger partial charge in [-0.25, -0.2) is 0 Å². The summed E-state index contributed by atoms with van der Waals surface area (Å²) in [6, 6.07) is 16.1. The molecule has 0 amide bonds. The number of rotatable bonds is 4. The molecule has 0 fully saturated rings. The van der Waals surface area contributed by atoms with E-state index in [1.54, 1.807) is 55.6 Å². The molecule has 0 aliphatic rings. The van der Waals surface area contributed by atoms with E-state index in [0.717, 1.165) is 5.56 Å². The SMILES string of the molecule is COc1ccc(-c2cc(-c3ccc(Cl)cc3)[nH]c(=O)c2C#N)cc1OC. The van der Waals surface area contributed by atoms with Crippen molar-refractivity contribution in [3.05, 3.63) is 69.5 Å². The van der Waals surface area contributed by atoms with Crippen LogP contribution in [0.2, 0.25) is 5.02 Å². The molecule has 1 N–H and O–H groups in total. The molecule has 0 saturated heterocycles. The van der Waals surface area contributed by atoms with Crippen LogP contribution in [0.1, 0.15) is 5.56 Å². The smallest absolute Gasteiger partial charge is 0.266 e. The summed E-state index contributed by atoms with van der Waals surface area (Å²) in [5.41, 5.74) is 2.16. The summed E-state index contributed by atoms with van der Waals surface area (Å²) in [5.74, 6) is 1.08. The molecule has 0 aliphatic carbocycles. The van der Waals surface area contributed by atoms with Gasteiger partial charge in [0.25, 0.3) is 5.56 Å². The predicted octanol–water partition coefficient (Wildman–Crippen LogP) is 4.25. The zero-order valence-electron chi connectivity index (χ0n) is 14.2. The van der Waals surface area contributed by atoms with Gasteiger partial charge >= 0.3 is 0 Å². The molecule has 130 valence electrons. The van der Waals surface area contributed by atoms with Crippen LogP contribution in [0.3, 0.4) is 0 Å². The summed E-state index contributed by atoms with van der Waals surface area (Å²) in [7, 11) is 3.08. The standard InChI is InChI=1S/C20H15ClN2O3/c1-25-18-8-5-13(9-19(18)26-2)15-10-17(23-20(24)16(15)11-22)12-3-6-14(21)7-4-12/h3-10H,1-2H3,(H,23,24). The maximum absolute atomic E-state index is 12.4. The van der Waals surface area contributed by atoms with Crippen LogP contribution in [0.15, 0.2) is 53.3 Å². The summed E-state index contributed by atoms with van der Waals surface area (Å²) in [6.07, 6.45) is 0. The topological polar surface area (TPSA) is 75.1 Å². The molecule has 2 aromatic carbocycles. The maximum Gasteiger partial charge on any atom is 0.266 e. The molecule has 0 bridgehead atoms. The molecule has 0 atom stereocenters. The van der Waals surface area contributed by atoms with Crippen LogP contribution in [-0.4, -0.2) is 19.2 Å². The summed E-state index contributed by atoms with van der Waals surface area (Å²) in [4.78, 5) is 15.2. The number of H-pyrrole nitrogens is 1. The highest BCUT2D eigenvalue weighted by atomic mass is 35.5. The molecule has 6 heteroatoms. The highest BCUT2D eigenvalue weighted by Crippen LogP contribution is 2.34. The van der Waals surface area contributed by atoms with E-state index in [4.69, 9.17) is 21.1 Å². The number of pyridine rings is 1. The van der Waals surface area contributed by atoms with Crippen molar-refractivity contribution < 1.29 is 9.47 Å². The first-order valence-electron chi connectivity index (χ1n) is 7.73. The highest BCUT2D eigenvalue weighted by molar-refractivity contribution is 6.30. The summed E-state index contributed by atoms with van der Waals surface area (Å²) in [5, 5.41) is 10.0. The molecule has 1 heterocycles. The number of nitriles is 1. The third-order valence-corrected chi connectivity index (χ3v) is 4.25. The molecule has 0 radical (unpaired) electrons. The Bertz CT molecular complexity index is 1050. The molecule has 26 heavy (non-hydrogen) atoms. The zero-order valence-corrected chi connectivity index (χ0v) is 14.9. The summed E-state index contributed by atoms with van der Waals surface area (Å²) >= 11 is 5.93. The lowest BCUT2D eigenvalue weighted by Gasteiger charge is -2.12. The molecule has 3 aromatic rings. The lowest BCUT2D eigenvalue weighted by Crippen LogP contribution is -2.12. The first-order chi connectivity index (χ1) is 12.6. The van der Waals surface area contributed by atoms with Crippen molar-refractivity contribution in [1.29, 1.82) is 5.26 Å². The van der Waals surface area contributed by atoms with Crippen LogP contribution in [0.25, 0.3) is 22.4 Å². The second kappa shape index (κ2) is 7.34. The lowest BCUT2D eigenvalue weighted by molar-refractivity contribution is 0.355. The van der Waals surface area contributed by atoms with Crippen LogP contribution in [-0.2, 0) is 0 Å². The molecule has 5 nitrogen and oxygen atoms in total. The van der Waals surface area contributed by atoms with E-state index in [-0.39, 0.29) is 5.56 Å². The van der Waals surface area contributed by atoms with E-state index in [2.05, 4.69) is 4.98 Å². The number of aromatic nitrogens is 1. The largest absolute Gasteiger partial charge is 0.493 e. The third kappa shape index (κ3) is 3.28. The van der Waals surface area contributed by atoms with E-state index in [9.17, 15) is 10.1 Å². The van der Waals surface area contributed by atoms with Gasteiger partial charge in [-0.15, -0.1) is 0 Å². The Morgan fingerprint density at radius 2 is 1.62 bits per heavy atom. The van der Waals surface area contributed by atoms with Crippen LogP contribution < -0.4 is 15.0 Å². The number of halogens is 1. The Morgan fingerprint density at radius 1 is 0.962 bits per heavy atom. The van der Waals surface area contributed by atoms with Gasteiger partial charge in [0.2, 0.25) is 0 Å². The highest BCUT2D eigenvalue weighted by Gasteiger charge is 2.14. The Balaban J connectivity index is 2.22. The van der Waals surface area contributed by atoms with Crippen molar-refractivity contribution >= 4 is 11.6 Å². The Labute approximate surface area is 155 Å². The average molecular weight is 367 g/mol. The van der Waals surface area contributed by atoms with Crippen molar-refractivity contribution in [3.8, 4) is 40.0 Å². The monoisotopic (exact) mass is 366 g/mol. The van der Waals surface area contributed by atoms with E-state index < -0.39 is 5.56 Å². The van der Waals surface area contributed by atoms with Gasteiger partial charge in [0.1, 0.15) is 11.6 Å². The minimum absolute atomic E-state index is 0.0370. The van der Waals surface area contributed by atoms with Crippen LogP contribution in [0.5, 0.6) is 11.5 Å².